The molecule has 0 saturated carbocycles. The quantitative estimate of drug-likeness (QED) is 0.856. The van der Waals surface area contributed by atoms with Gasteiger partial charge in [0.25, 0.3) is 0 Å². The van der Waals surface area contributed by atoms with Gasteiger partial charge in [0.15, 0.2) is 6.10 Å². The van der Waals surface area contributed by atoms with E-state index in [0.717, 1.165) is 6.07 Å². The summed E-state index contributed by atoms with van der Waals surface area (Å²) < 4.78 is 67.9. The van der Waals surface area contributed by atoms with Gasteiger partial charge < -0.3 is 9.84 Å². The number of aliphatic hydroxyl groups excluding tert-OH is 1. The number of ether oxygens (including phenoxy) is 1. The highest BCUT2D eigenvalue weighted by molar-refractivity contribution is 5.39. The predicted molar refractivity (Wildman–Crippen MR) is 58.3 cm³/mol. The maximum Gasteiger partial charge on any atom is 0.456 e. The number of aryl methyl sites for hydroxylation is 1. The predicted octanol–water partition coefficient (Wildman–Crippen LogP) is 3.62. The molecule has 7 heteroatoms. The van der Waals surface area contributed by atoms with Gasteiger partial charge in [-0.1, -0.05) is 11.6 Å². The van der Waals surface area contributed by atoms with Crippen LogP contribution in [-0.2, 0) is 0 Å². The maximum atomic E-state index is 13.1. The average Bonchev–Trinajstić information content (AvgIpc) is 2.29. The first-order chi connectivity index (χ1) is 8.61. The van der Waals surface area contributed by atoms with Crippen LogP contribution >= 0.6 is 0 Å². The Morgan fingerprint density at radius 2 is 1.79 bits per heavy atom. The van der Waals surface area contributed by atoms with Crippen LogP contribution in [0.2, 0.25) is 0 Å². The van der Waals surface area contributed by atoms with Crippen LogP contribution < -0.4 is 4.74 Å². The fourth-order valence-electron chi connectivity index (χ4n) is 1.52. The van der Waals surface area contributed by atoms with E-state index < -0.39 is 23.8 Å². The third-order valence-corrected chi connectivity index (χ3v) is 2.48. The van der Waals surface area contributed by atoms with E-state index in [0.29, 0.717) is 5.56 Å². The van der Waals surface area contributed by atoms with Crippen molar-refractivity contribution in [2.75, 3.05) is 6.61 Å². The molecule has 0 amide bonds. The Hall–Kier alpha value is -1.37. The fraction of sp³-hybridized carbons (Fsp3) is 0.500. The number of halogens is 5. The summed E-state index contributed by atoms with van der Waals surface area (Å²) in [6, 6.07) is 3.80. The molecule has 0 aliphatic heterocycles. The van der Waals surface area contributed by atoms with Crippen molar-refractivity contribution >= 4 is 0 Å². The molecule has 1 aromatic rings. The molecule has 0 aliphatic carbocycles. The standard InChI is InChI=1S/C12H13F5O2/c1-3-19-9-5-4-7(2)6-8(9)10(18)11(13,14)12(15,16)17/h4-6,10,18H,3H2,1-2H3. The van der Waals surface area contributed by atoms with E-state index in [9.17, 15) is 27.1 Å². The van der Waals surface area contributed by atoms with E-state index in [1.165, 1.54) is 19.1 Å². The molecule has 1 rings (SSSR count). The van der Waals surface area contributed by atoms with Crippen molar-refractivity contribution in [1.82, 2.24) is 0 Å². The van der Waals surface area contributed by atoms with E-state index in [-0.39, 0.29) is 12.4 Å². The van der Waals surface area contributed by atoms with E-state index in [1.54, 1.807) is 6.92 Å². The summed E-state index contributed by atoms with van der Waals surface area (Å²) >= 11 is 0. The molecular formula is C12H13F5O2. The smallest absolute Gasteiger partial charge is 0.456 e. The number of benzene rings is 1. The molecule has 1 atom stereocenters. The normalized spacial score (nSPS) is 14.3. The molecule has 1 unspecified atom stereocenters. The van der Waals surface area contributed by atoms with Crippen molar-refractivity contribution in [3.63, 3.8) is 0 Å². The minimum Gasteiger partial charge on any atom is -0.493 e. The van der Waals surface area contributed by atoms with Crippen molar-refractivity contribution in [2.45, 2.75) is 32.1 Å². The van der Waals surface area contributed by atoms with Crippen LogP contribution in [0.1, 0.15) is 24.2 Å². The molecule has 108 valence electrons. The van der Waals surface area contributed by atoms with Crippen LogP contribution in [0.25, 0.3) is 0 Å². The van der Waals surface area contributed by atoms with Crippen LogP contribution in [0.4, 0.5) is 22.0 Å². The largest absolute Gasteiger partial charge is 0.493 e. The zero-order valence-electron chi connectivity index (χ0n) is 10.3. The van der Waals surface area contributed by atoms with E-state index in [4.69, 9.17) is 4.74 Å². The van der Waals surface area contributed by atoms with Gasteiger partial charge in [-0.2, -0.15) is 22.0 Å². The zero-order valence-corrected chi connectivity index (χ0v) is 10.3. The van der Waals surface area contributed by atoms with Gasteiger partial charge in [-0.25, -0.2) is 0 Å². The van der Waals surface area contributed by atoms with Gasteiger partial charge in [-0.15, -0.1) is 0 Å². The van der Waals surface area contributed by atoms with Gasteiger partial charge >= 0.3 is 12.1 Å². The van der Waals surface area contributed by atoms with Crippen LogP contribution in [0.3, 0.4) is 0 Å². The summed E-state index contributed by atoms with van der Waals surface area (Å²) in [7, 11) is 0. The number of hydrogen-bond acceptors (Lipinski definition) is 2. The van der Waals surface area contributed by atoms with Gasteiger partial charge in [0, 0.05) is 5.56 Å². The molecule has 0 bridgehead atoms. The maximum absolute atomic E-state index is 13.1. The number of aliphatic hydroxyl groups is 1. The molecule has 1 aromatic carbocycles. The minimum absolute atomic E-state index is 0.0837. The molecule has 0 radical (unpaired) electrons. The van der Waals surface area contributed by atoms with Crippen molar-refractivity contribution in [3.8, 4) is 5.75 Å². The molecule has 0 saturated heterocycles. The van der Waals surface area contributed by atoms with Gasteiger partial charge in [-0.3, -0.25) is 0 Å². The lowest BCUT2D eigenvalue weighted by molar-refractivity contribution is -0.315. The van der Waals surface area contributed by atoms with Crippen molar-refractivity contribution in [2.24, 2.45) is 0 Å². The van der Waals surface area contributed by atoms with E-state index in [2.05, 4.69) is 0 Å². The first kappa shape index (κ1) is 15.7. The summed E-state index contributed by atoms with van der Waals surface area (Å²) in [4.78, 5) is 0. The Morgan fingerprint density at radius 1 is 1.21 bits per heavy atom. The molecule has 0 aromatic heterocycles. The topological polar surface area (TPSA) is 29.5 Å². The Morgan fingerprint density at radius 3 is 2.26 bits per heavy atom. The van der Waals surface area contributed by atoms with Crippen molar-refractivity contribution in [3.05, 3.63) is 29.3 Å². The lowest BCUT2D eigenvalue weighted by atomic mass is 10.00. The van der Waals surface area contributed by atoms with Gasteiger partial charge in [0.1, 0.15) is 5.75 Å². The SMILES string of the molecule is CCOc1ccc(C)cc1C(O)C(F)(F)C(F)(F)F. The summed E-state index contributed by atoms with van der Waals surface area (Å²) in [6.07, 6.45) is -8.84. The molecule has 2 nitrogen and oxygen atoms in total. The molecular weight excluding hydrogens is 271 g/mol. The molecule has 0 heterocycles. The fourth-order valence-corrected chi connectivity index (χ4v) is 1.52. The van der Waals surface area contributed by atoms with Crippen LogP contribution in [-0.4, -0.2) is 23.8 Å². The zero-order chi connectivity index (χ0) is 14.8. The lowest BCUT2D eigenvalue weighted by Gasteiger charge is -2.26. The molecule has 19 heavy (non-hydrogen) atoms. The Bertz CT molecular complexity index is 442. The molecule has 0 aliphatic rings. The van der Waals surface area contributed by atoms with Crippen molar-refractivity contribution < 1.29 is 31.8 Å². The summed E-state index contributed by atoms with van der Waals surface area (Å²) in [6.45, 7) is 3.15. The van der Waals surface area contributed by atoms with Crippen LogP contribution in [0.5, 0.6) is 5.75 Å². The molecule has 0 spiro atoms. The average molecular weight is 284 g/mol. The van der Waals surface area contributed by atoms with Crippen molar-refractivity contribution in [1.29, 1.82) is 0 Å². The Labute approximate surface area is 106 Å². The second-order valence-electron chi connectivity index (χ2n) is 4.00. The summed E-state index contributed by atoms with van der Waals surface area (Å²) in [5.41, 5.74) is -0.139. The minimum atomic E-state index is -5.83. The molecule has 0 fully saturated rings. The van der Waals surface area contributed by atoms with Crippen LogP contribution in [0.15, 0.2) is 18.2 Å². The molecule has 1 N–H and O–H groups in total. The van der Waals surface area contributed by atoms with Gasteiger partial charge in [-0.05, 0) is 26.0 Å². The third-order valence-electron chi connectivity index (χ3n) is 2.48. The lowest BCUT2D eigenvalue weighted by Crippen LogP contribution is -2.42. The monoisotopic (exact) mass is 284 g/mol. The van der Waals surface area contributed by atoms with Gasteiger partial charge in [0.05, 0.1) is 6.61 Å². The van der Waals surface area contributed by atoms with Crippen LogP contribution in [0, 0.1) is 6.92 Å². The number of alkyl halides is 5. The number of hydrogen-bond donors (Lipinski definition) is 1. The highest BCUT2D eigenvalue weighted by Crippen LogP contribution is 2.46. The highest BCUT2D eigenvalue weighted by atomic mass is 19.4. The Kier molecular flexibility index (Phi) is 4.39. The second kappa shape index (κ2) is 5.32. The third kappa shape index (κ3) is 3.15. The van der Waals surface area contributed by atoms with E-state index >= 15 is 0 Å². The summed E-state index contributed by atoms with van der Waals surface area (Å²) in [5.74, 6) is -5.43. The Balaban J connectivity index is 3.25. The second-order valence-corrected chi connectivity index (χ2v) is 4.00. The summed E-state index contributed by atoms with van der Waals surface area (Å²) in [5, 5.41) is 9.37. The first-order valence-corrected chi connectivity index (χ1v) is 5.47. The first-order valence-electron chi connectivity index (χ1n) is 5.47. The number of rotatable bonds is 4. The van der Waals surface area contributed by atoms with Gasteiger partial charge in [0.2, 0.25) is 0 Å². The highest BCUT2D eigenvalue weighted by Gasteiger charge is 2.63. The van der Waals surface area contributed by atoms with E-state index in [1.807, 2.05) is 0 Å².